The van der Waals surface area contributed by atoms with Crippen molar-refractivity contribution in [2.45, 2.75) is 67.8 Å². The van der Waals surface area contributed by atoms with E-state index < -0.39 is 41.6 Å². The van der Waals surface area contributed by atoms with Gasteiger partial charge in [-0.05, 0) is 38.2 Å². The Bertz CT molecular complexity index is 1050. The summed E-state index contributed by atoms with van der Waals surface area (Å²) in [5, 5.41) is 10.1. The van der Waals surface area contributed by atoms with Crippen LogP contribution in [0.4, 0.5) is 0 Å². The van der Waals surface area contributed by atoms with Gasteiger partial charge >= 0.3 is 5.97 Å². The van der Waals surface area contributed by atoms with Crippen LogP contribution in [0.3, 0.4) is 0 Å². The van der Waals surface area contributed by atoms with E-state index in [2.05, 4.69) is 29.1 Å². The summed E-state index contributed by atoms with van der Waals surface area (Å²) in [6, 6.07) is 7.98. The van der Waals surface area contributed by atoms with Crippen molar-refractivity contribution < 1.29 is 29.0 Å². The summed E-state index contributed by atoms with van der Waals surface area (Å²) in [4.78, 5) is 44.5. The predicted octanol–water partition coefficient (Wildman–Crippen LogP) is 3.23. The molecule has 3 aliphatic heterocycles. The number of unbranched alkanes of at least 4 members (excludes halogenated alkanes) is 2. The van der Waals surface area contributed by atoms with Crippen molar-refractivity contribution in [2.24, 2.45) is 11.8 Å². The van der Waals surface area contributed by atoms with Crippen LogP contribution in [-0.2, 0) is 30.4 Å². The molecule has 2 bridgehead atoms. The summed E-state index contributed by atoms with van der Waals surface area (Å²) in [7, 11) is 0. The van der Waals surface area contributed by atoms with Crippen LogP contribution in [0.5, 0.6) is 0 Å². The maximum absolute atomic E-state index is 14.3. The van der Waals surface area contributed by atoms with Crippen LogP contribution in [0, 0.1) is 11.8 Å². The molecule has 0 radical (unpaired) electrons. The lowest BCUT2D eigenvalue weighted by molar-refractivity contribution is -0.156. The fourth-order valence-corrected chi connectivity index (χ4v) is 7.15. The summed E-state index contributed by atoms with van der Waals surface area (Å²) >= 11 is 3.67. The Hall–Kier alpha value is -2.49. The molecule has 7 atom stereocenters. The average Bonchev–Trinajstić information content (AvgIpc) is 3.51. The van der Waals surface area contributed by atoms with E-state index in [1.807, 2.05) is 36.4 Å². The molecule has 2 amide bonds. The third-order valence-electron chi connectivity index (χ3n) is 7.90. The topological polar surface area (TPSA) is 96.4 Å². The molecule has 1 spiro atoms. The molecule has 3 unspecified atom stereocenters. The van der Waals surface area contributed by atoms with Gasteiger partial charge < -0.3 is 24.4 Å². The second kappa shape index (κ2) is 12.1. The second-order valence-electron chi connectivity index (χ2n) is 10.4. The molecule has 3 fully saturated rings. The largest absolute Gasteiger partial charge is 0.465 e. The number of fused-ring (bicyclic) bond motifs is 1. The van der Waals surface area contributed by atoms with Crippen molar-refractivity contribution in [1.82, 2.24) is 9.80 Å². The van der Waals surface area contributed by atoms with Gasteiger partial charge in [0.05, 0.1) is 37.2 Å². The SMILES string of the molecule is C=CCCCCOC(=O)[C@H]1[C@H]2C(=O)N([C@H](C)CO)C(C(=O)N(CC=C)Cc3ccccc3)C23CC(Br)[C@@H]1O3. The lowest BCUT2D eigenvalue weighted by atomic mass is 9.70. The van der Waals surface area contributed by atoms with Crippen LogP contribution >= 0.6 is 15.9 Å². The number of aliphatic hydroxyl groups excluding tert-OH is 1. The van der Waals surface area contributed by atoms with Crippen LogP contribution < -0.4 is 0 Å². The van der Waals surface area contributed by atoms with E-state index in [0.29, 0.717) is 19.4 Å². The Morgan fingerprint density at radius 3 is 2.68 bits per heavy atom. The smallest absolute Gasteiger partial charge is 0.312 e. The van der Waals surface area contributed by atoms with Gasteiger partial charge in [-0.3, -0.25) is 14.4 Å². The van der Waals surface area contributed by atoms with Crippen molar-refractivity contribution in [3.8, 4) is 0 Å². The van der Waals surface area contributed by atoms with Gasteiger partial charge in [-0.2, -0.15) is 0 Å². The quantitative estimate of drug-likeness (QED) is 0.164. The van der Waals surface area contributed by atoms with Gasteiger partial charge in [0.2, 0.25) is 11.8 Å². The zero-order chi connectivity index (χ0) is 27.4. The number of ether oxygens (including phenoxy) is 2. The number of carbonyl (C=O) groups excluding carboxylic acids is 3. The van der Waals surface area contributed by atoms with Gasteiger partial charge in [0.25, 0.3) is 0 Å². The molecule has 3 aliphatic rings. The van der Waals surface area contributed by atoms with E-state index in [4.69, 9.17) is 9.47 Å². The van der Waals surface area contributed by atoms with E-state index in [9.17, 15) is 19.5 Å². The maximum Gasteiger partial charge on any atom is 0.312 e. The summed E-state index contributed by atoms with van der Waals surface area (Å²) in [6.45, 7) is 9.77. The standard InChI is InChI=1S/C29H37BrN2O6/c1-4-6-7-11-15-37-28(36)22-23-26(34)32(19(3)18-33)25(29(23)16-21(30)24(22)38-29)27(35)31(14-5-2)17-20-12-9-8-10-13-20/h4-5,8-10,12-13,19,21-25,33H,1-2,6-7,11,14-18H2,3H3/t19-,21?,22+,23+,24+,25?,29?/m1/s1. The summed E-state index contributed by atoms with van der Waals surface area (Å²) < 4.78 is 12.1. The third-order valence-corrected chi connectivity index (χ3v) is 8.74. The van der Waals surface area contributed by atoms with E-state index in [-0.39, 0.29) is 36.4 Å². The van der Waals surface area contributed by atoms with Gasteiger partial charge in [-0.15, -0.1) is 13.2 Å². The number of benzene rings is 1. The number of rotatable bonds is 13. The lowest BCUT2D eigenvalue weighted by Crippen LogP contribution is -2.58. The molecule has 3 saturated heterocycles. The molecule has 8 nitrogen and oxygen atoms in total. The van der Waals surface area contributed by atoms with Crippen molar-refractivity contribution in [1.29, 1.82) is 0 Å². The van der Waals surface area contributed by atoms with Gasteiger partial charge in [-0.25, -0.2) is 0 Å². The first-order valence-electron chi connectivity index (χ1n) is 13.3. The molecule has 3 heterocycles. The minimum absolute atomic E-state index is 0.216. The molecule has 1 aromatic rings. The molecule has 38 heavy (non-hydrogen) atoms. The number of carbonyl (C=O) groups is 3. The van der Waals surface area contributed by atoms with Crippen molar-refractivity contribution in [3.63, 3.8) is 0 Å². The molecule has 1 N–H and O–H groups in total. The maximum atomic E-state index is 14.3. The van der Waals surface area contributed by atoms with Gasteiger partial charge in [-0.1, -0.05) is 58.4 Å². The Balaban J connectivity index is 1.66. The number of hydrogen-bond donors (Lipinski definition) is 1. The van der Waals surface area contributed by atoms with E-state index in [0.717, 1.165) is 18.4 Å². The van der Waals surface area contributed by atoms with Crippen LogP contribution in [0.15, 0.2) is 55.6 Å². The molecule has 0 saturated carbocycles. The summed E-state index contributed by atoms with van der Waals surface area (Å²) in [5.41, 5.74) is -0.255. The molecule has 0 aliphatic carbocycles. The number of esters is 1. The van der Waals surface area contributed by atoms with Crippen LogP contribution in [0.2, 0.25) is 0 Å². The second-order valence-corrected chi connectivity index (χ2v) is 11.6. The highest BCUT2D eigenvalue weighted by atomic mass is 79.9. The lowest BCUT2D eigenvalue weighted by Gasteiger charge is -2.38. The first kappa shape index (κ1) is 28.5. The fraction of sp³-hybridized carbons (Fsp3) is 0.552. The number of halogens is 1. The van der Waals surface area contributed by atoms with E-state index in [1.54, 1.807) is 17.9 Å². The monoisotopic (exact) mass is 588 g/mol. The van der Waals surface area contributed by atoms with Crippen molar-refractivity contribution >= 4 is 33.7 Å². The minimum atomic E-state index is -1.20. The van der Waals surface area contributed by atoms with Gasteiger partial charge in [0.15, 0.2) is 0 Å². The Morgan fingerprint density at radius 2 is 2.03 bits per heavy atom. The Morgan fingerprint density at radius 1 is 1.29 bits per heavy atom. The highest BCUT2D eigenvalue weighted by molar-refractivity contribution is 9.09. The minimum Gasteiger partial charge on any atom is -0.465 e. The molecule has 1 aromatic carbocycles. The Kier molecular flexibility index (Phi) is 9.11. The van der Waals surface area contributed by atoms with Crippen molar-refractivity contribution in [2.75, 3.05) is 19.8 Å². The fourth-order valence-electron chi connectivity index (χ4n) is 6.20. The normalized spacial score (nSPS) is 30.1. The van der Waals surface area contributed by atoms with Gasteiger partial charge in [0.1, 0.15) is 11.6 Å². The molecule has 0 aromatic heterocycles. The zero-order valence-electron chi connectivity index (χ0n) is 21.8. The first-order valence-corrected chi connectivity index (χ1v) is 14.2. The van der Waals surface area contributed by atoms with E-state index in [1.165, 1.54) is 4.90 Å². The molecular weight excluding hydrogens is 552 g/mol. The first-order chi connectivity index (χ1) is 18.3. The van der Waals surface area contributed by atoms with Crippen molar-refractivity contribution in [3.05, 3.63) is 61.2 Å². The van der Waals surface area contributed by atoms with Crippen LogP contribution in [-0.4, -0.2) is 81.1 Å². The average molecular weight is 590 g/mol. The molecule has 4 rings (SSSR count). The number of aliphatic hydroxyl groups is 1. The number of likely N-dealkylation sites (tertiary alicyclic amines) is 1. The number of allylic oxidation sites excluding steroid dienone is 1. The molecule has 9 heteroatoms. The van der Waals surface area contributed by atoms with Gasteiger partial charge in [0, 0.05) is 17.9 Å². The molecular formula is C29H37BrN2O6. The number of amides is 2. The summed E-state index contributed by atoms with van der Waals surface area (Å²) in [5.74, 6) is -2.79. The molecule has 206 valence electrons. The number of hydrogen-bond acceptors (Lipinski definition) is 6. The van der Waals surface area contributed by atoms with E-state index >= 15 is 0 Å². The van der Waals surface area contributed by atoms with Crippen LogP contribution in [0.1, 0.15) is 38.2 Å². The zero-order valence-corrected chi connectivity index (χ0v) is 23.4. The highest BCUT2D eigenvalue weighted by Crippen LogP contribution is 2.60. The number of nitrogens with zero attached hydrogens (tertiary/aromatic N) is 2. The Labute approximate surface area is 232 Å². The summed E-state index contributed by atoms with van der Waals surface area (Å²) in [6.07, 6.45) is 5.69. The van der Waals surface area contributed by atoms with Crippen LogP contribution in [0.25, 0.3) is 0 Å². The predicted molar refractivity (Wildman–Crippen MR) is 146 cm³/mol. The third kappa shape index (κ3) is 5.08. The highest BCUT2D eigenvalue weighted by Gasteiger charge is 2.77. The number of alkyl halides is 1.